The first-order valence-electron chi connectivity index (χ1n) is 5.76. The zero-order chi connectivity index (χ0) is 14.9. The quantitative estimate of drug-likeness (QED) is 0.943. The number of carbonyl (C=O) groups excluding carboxylic acids is 1. The van der Waals surface area contributed by atoms with Gasteiger partial charge in [-0.25, -0.2) is 13.1 Å². The lowest BCUT2D eigenvalue weighted by molar-refractivity contribution is 0.0973. The molecule has 5 nitrogen and oxygen atoms in total. The topological polar surface area (TPSA) is 68.2 Å². The molecule has 0 aliphatic rings. The zero-order valence-electron chi connectivity index (χ0n) is 10.9. The summed E-state index contributed by atoms with van der Waals surface area (Å²) in [5.74, 6) is -0.680. The van der Waals surface area contributed by atoms with Crippen molar-refractivity contribution in [1.82, 2.24) is 9.29 Å². The number of nitrogens with zero attached hydrogens (tertiary/aromatic N) is 1. The predicted octanol–water partition coefficient (Wildman–Crippen LogP) is 2.11. The van der Waals surface area contributed by atoms with Crippen LogP contribution in [0.15, 0.2) is 41.3 Å². The second-order valence-corrected chi connectivity index (χ2v) is 6.43. The Bertz CT molecular complexity index is 766. The minimum absolute atomic E-state index is 0.0516. The molecule has 0 spiro atoms. The van der Waals surface area contributed by atoms with E-state index in [9.17, 15) is 13.2 Å². The first-order chi connectivity index (χ1) is 9.31. The summed E-state index contributed by atoms with van der Waals surface area (Å²) in [5, 5.41) is 0.287. The standard InChI is InChI=1S/C13H13ClN2O3S/c1-9-6-7-12(16(9)2)13(17)15-20(18,19)11-5-3-4-10(14)8-11/h3-8H,1-2H3,(H,15,17). The van der Waals surface area contributed by atoms with Crippen molar-refractivity contribution in [2.45, 2.75) is 11.8 Å². The molecule has 0 fully saturated rings. The first kappa shape index (κ1) is 14.6. The highest BCUT2D eigenvalue weighted by Crippen LogP contribution is 2.16. The molecule has 7 heteroatoms. The SMILES string of the molecule is Cc1ccc(C(=O)NS(=O)(=O)c2cccc(Cl)c2)n1C. The van der Waals surface area contributed by atoms with Crippen LogP contribution in [0.1, 0.15) is 16.2 Å². The van der Waals surface area contributed by atoms with E-state index >= 15 is 0 Å². The molecule has 0 saturated heterocycles. The monoisotopic (exact) mass is 312 g/mol. The predicted molar refractivity (Wildman–Crippen MR) is 76.3 cm³/mol. The van der Waals surface area contributed by atoms with Crippen LogP contribution in [-0.4, -0.2) is 18.9 Å². The third-order valence-corrected chi connectivity index (χ3v) is 4.50. The Labute approximate surface area is 122 Å². The summed E-state index contributed by atoms with van der Waals surface area (Å²) in [7, 11) is -2.24. The lowest BCUT2D eigenvalue weighted by atomic mass is 10.4. The van der Waals surface area contributed by atoms with E-state index in [1.807, 2.05) is 11.6 Å². The maximum atomic E-state index is 12.1. The maximum absolute atomic E-state index is 12.1. The molecule has 2 rings (SSSR count). The molecule has 1 aromatic heterocycles. The summed E-state index contributed by atoms with van der Waals surface area (Å²) in [6, 6.07) is 9.03. The van der Waals surface area contributed by atoms with E-state index in [0.717, 1.165) is 5.69 Å². The number of rotatable bonds is 3. The highest BCUT2D eigenvalue weighted by Gasteiger charge is 2.20. The van der Waals surface area contributed by atoms with E-state index in [0.29, 0.717) is 0 Å². The van der Waals surface area contributed by atoms with Crippen molar-refractivity contribution < 1.29 is 13.2 Å². The van der Waals surface area contributed by atoms with Gasteiger partial charge in [-0.15, -0.1) is 0 Å². The lowest BCUT2D eigenvalue weighted by Gasteiger charge is -2.08. The molecule has 20 heavy (non-hydrogen) atoms. The van der Waals surface area contributed by atoms with Crippen LogP contribution < -0.4 is 4.72 Å². The minimum atomic E-state index is -3.93. The van der Waals surface area contributed by atoms with Crippen LogP contribution in [0, 0.1) is 6.92 Å². The van der Waals surface area contributed by atoms with Gasteiger partial charge in [-0.1, -0.05) is 17.7 Å². The van der Waals surface area contributed by atoms with E-state index < -0.39 is 15.9 Å². The van der Waals surface area contributed by atoms with E-state index in [2.05, 4.69) is 0 Å². The summed E-state index contributed by atoms with van der Waals surface area (Å²) in [5.41, 5.74) is 1.13. The molecule has 0 radical (unpaired) electrons. The average Bonchev–Trinajstić information content (AvgIpc) is 2.69. The molecular formula is C13H13ClN2O3S. The van der Waals surface area contributed by atoms with Gasteiger partial charge < -0.3 is 4.57 Å². The van der Waals surface area contributed by atoms with Gasteiger partial charge >= 0.3 is 0 Å². The van der Waals surface area contributed by atoms with Crippen molar-refractivity contribution in [3.63, 3.8) is 0 Å². The zero-order valence-corrected chi connectivity index (χ0v) is 12.5. The van der Waals surface area contributed by atoms with Crippen molar-refractivity contribution in [2.75, 3.05) is 0 Å². The van der Waals surface area contributed by atoms with Crippen LogP contribution in [0.25, 0.3) is 0 Å². The minimum Gasteiger partial charge on any atom is -0.344 e. The molecule has 1 aromatic carbocycles. The molecule has 0 saturated carbocycles. The second-order valence-electron chi connectivity index (χ2n) is 4.31. The molecule has 1 heterocycles. The molecular weight excluding hydrogens is 300 g/mol. The van der Waals surface area contributed by atoms with Gasteiger partial charge in [-0.3, -0.25) is 4.79 Å². The molecule has 0 unspecified atom stereocenters. The number of halogens is 1. The Balaban J connectivity index is 2.29. The Hall–Kier alpha value is -1.79. The van der Waals surface area contributed by atoms with Gasteiger partial charge in [0.25, 0.3) is 15.9 Å². The highest BCUT2D eigenvalue weighted by molar-refractivity contribution is 7.90. The summed E-state index contributed by atoms with van der Waals surface area (Å²) in [6.45, 7) is 1.82. The number of amides is 1. The first-order valence-corrected chi connectivity index (χ1v) is 7.62. The lowest BCUT2D eigenvalue weighted by Crippen LogP contribution is -2.31. The number of nitrogens with one attached hydrogen (secondary N) is 1. The Morgan fingerprint density at radius 2 is 1.95 bits per heavy atom. The number of aromatic nitrogens is 1. The molecule has 0 atom stereocenters. The van der Waals surface area contributed by atoms with Gasteiger partial charge in [0.2, 0.25) is 0 Å². The second kappa shape index (κ2) is 5.30. The van der Waals surface area contributed by atoms with Crippen molar-refractivity contribution in [1.29, 1.82) is 0 Å². The van der Waals surface area contributed by atoms with Gasteiger partial charge in [0, 0.05) is 17.8 Å². The average molecular weight is 313 g/mol. The van der Waals surface area contributed by atoms with Crippen molar-refractivity contribution in [3.05, 3.63) is 52.8 Å². The molecule has 0 aliphatic carbocycles. The van der Waals surface area contributed by atoms with Crippen LogP contribution in [0.5, 0.6) is 0 Å². The van der Waals surface area contributed by atoms with Crippen LogP contribution in [-0.2, 0) is 17.1 Å². The van der Waals surface area contributed by atoms with E-state index in [-0.39, 0.29) is 15.6 Å². The number of hydrogen-bond donors (Lipinski definition) is 1. The van der Waals surface area contributed by atoms with Gasteiger partial charge in [-0.05, 0) is 37.3 Å². The van der Waals surface area contributed by atoms with Crippen molar-refractivity contribution in [2.24, 2.45) is 7.05 Å². The Kier molecular flexibility index (Phi) is 3.87. The maximum Gasteiger partial charge on any atom is 0.281 e. The molecule has 1 N–H and O–H groups in total. The number of carbonyl (C=O) groups is 1. The van der Waals surface area contributed by atoms with Crippen molar-refractivity contribution in [3.8, 4) is 0 Å². The summed E-state index contributed by atoms with van der Waals surface area (Å²) in [6.07, 6.45) is 0. The van der Waals surface area contributed by atoms with E-state index in [1.165, 1.54) is 18.2 Å². The van der Waals surface area contributed by atoms with Crippen LogP contribution in [0.2, 0.25) is 5.02 Å². The fourth-order valence-corrected chi connectivity index (χ4v) is 2.97. The third kappa shape index (κ3) is 2.86. The van der Waals surface area contributed by atoms with Crippen molar-refractivity contribution >= 4 is 27.5 Å². The number of hydrogen-bond acceptors (Lipinski definition) is 3. The fourth-order valence-electron chi connectivity index (χ4n) is 1.71. The largest absolute Gasteiger partial charge is 0.344 e. The smallest absolute Gasteiger partial charge is 0.281 e. The van der Waals surface area contributed by atoms with E-state index in [4.69, 9.17) is 11.6 Å². The summed E-state index contributed by atoms with van der Waals surface area (Å²) in [4.78, 5) is 12.0. The number of sulfonamides is 1. The molecule has 0 bridgehead atoms. The molecule has 0 aliphatic heterocycles. The Morgan fingerprint density at radius 3 is 2.50 bits per heavy atom. The number of benzene rings is 1. The molecule has 2 aromatic rings. The molecule has 1 amide bonds. The van der Waals surface area contributed by atoms with Crippen LogP contribution >= 0.6 is 11.6 Å². The summed E-state index contributed by atoms with van der Waals surface area (Å²) >= 11 is 5.75. The van der Waals surface area contributed by atoms with Gasteiger partial charge in [-0.2, -0.15) is 0 Å². The van der Waals surface area contributed by atoms with E-state index in [1.54, 1.807) is 29.8 Å². The normalized spacial score (nSPS) is 11.3. The summed E-state index contributed by atoms with van der Waals surface area (Å²) < 4.78 is 27.8. The van der Waals surface area contributed by atoms with Crippen LogP contribution in [0.4, 0.5) is 0 Å². The fraction of sp³-hybridized carbons (Fsp3) is 0.154. The third-order valence-electron chi connectivity index (χ3n) is 2.94. The van der Waals surface area contributed by atoms with Crippen LogP contribution in [0.3, 0.4) is 0 Å². The van der Waals surface area contributed by atoms with Gasteiger partial charge in [0.1, 0.15) is 5.69 Å². The highest BCUT2D eigenvalue weighted by atomic mass is 35.5. The van der Waals surface area contributed by atoms with Gasteiger partial charge in [0.05, 0.1) is 4.90 Å². The number of aryl methyl sites for hydroxylation is 1. The molecule has 106 valence electrons. The van der Waals surface area contributed by atoms with Gasteiger partial charge in [0.15, 0.2) is 0 Å². The Morgan fingerprint density at radius 1 is 1.25 bits per heavy atom.